The van der Waals surface area contributed by atoms with Crippen molar-refractivity contribution < 1.29 is 0 Å². The fourth-order valence-electron chi connectivity index (χ4n) is 6.67. The van der Waals surface area contributed by atoms with Gasteiger partial charge in [0.25, 0.3) is 0 Å². The Morgan fingerprint density at radius 1 is 0.556 bits per heavy atom. The summed E-state index contributed by atoms with van der Waals surface area (Å²) in [6, 6.07) is 54.6. The maximum absolute atomic E-state index is 5.37. The summed E-state index contributed by atoms with van der Waals surface area (Å²) in [7, 11) is 0. The van der Waals surface area contributed by atoms with Crippen LogP contribution in [0.25, 0.3) is 81.3 Å². The minimum absolute atomic E-state index is 0.965. The van der Waals surface area contributed by atoms with Crippen molar-refractivity contribution in [2.24, 2.45) is 0 Å². The van der Waals surface area contributed by atoms with Gasteiger partial charge < -0.3 is 0 Å². The molecule has 0 saturated carbocycles. The van der Waals surface area contributed by atoms with E-state index in [-0.39, 0.29) is 0 Å². The minimum atomic E-state index is 0.965. The Balaban J connectivity index is 1.30. The lowest BCUT2D eigenvalue weighted by molar-refractivity contribution is 1.11. The van der Waals surface area contributed by atoms with E-state index >= 15 is 0 Å². The van der Waals surface area contributed by atoms with E-state index in [4.69, 9.17) is 4.98 Å². The highest BCUT2D eigenvalue weighted by molar-refractivity contribution is 7.26. The highest BCUT2D eigenvalue weighted by Crippen LogP contribution is 2.44. The second-order valence-corrected chi connectivity index (χ2v) is 12.7. The summed E-state index contributed by atoms with van der Waals surface area (Å²) in [5, 5.41) is 5.03. The van der Waals surface area contributed by atoms with Gasteiger partial charge in [0, 0.05) is 31.4 Å². The zero-order valence-electron chi connectivity index (χ0n) is 24.7. The molecule has 45 heavy (non-hydrogen) atoms. The molecule has 212 valence electrons. The van der Waals surface area contributed by atoms with Gasteiger partial charge in [-0.05, 0) is 81.9 Å². The van der Waals surface area contributed by atoms with Crippen LogP contribution in [0.4, 0.5) is 0 Å². The summed E-state index contributed by atoms with van der Waals surface area (Å²) >= 11 is 1.87. The van der Waals surface area contributed by atoms with E-state index in [9.17, 15) is 0 Å². The van der Waals surface area contributed by atoms with Crippen LogP contribution in [0.2, 0.25) is 0 Å². The van der Waals surface area contributed by atoms with Gasteiger partial charge in [-0.15, -0.1) is 11.3 Å². The molecule has 0 aliphatic rings. The van der Waals surface area contributed by atoms with Crippen LogP contribution >= 0.6 is 11.3 Å². The van der Waals surface area contributed by atoms with Crippen molar-refractivity contribution in [3.8, 4) is 39.3 Å². The number of hydrogen-bond acceptors (Lipinski definition) is 2. The Morgan fingerprint density at radius 3 is 1.91 bits per heavy atom. The minimum Gasteiger partial charge on any atom is -0.292 e. The second-order valence-electron chi connectivity index (χ2n) is 11.7. The molecule has 0 amide bonds. The molecular weight excluding hydrogens is 565 g/mol. The van der Waals surface area contributed by atoms with E-state index in [1.54, 1.807) is 0 Å². The van der Waals surface area contributed by atoms with Crippen LogP contribution < -0.4 is 0 Å². The molecule has 2 aromatic heterocycles. The molecule has 0 aliphatic heterocycles. The lowest BCUT2D eigenvalue weighted by Crippen LogP contribution is -1.98. The first-order valence-corrected chi connectivity index (χ1v) is 16.1. The number of thiophene rings is 1. The van der Waals surface area contributed by atoms with Gasteiger partial charge >= 0.3 is 0 Å². The fourth-order valence-corrected chi connectivity index (χ4v) is 8.00. The number of nitrogens with zero attached hydrogens (tertiary/aromatic N) is 2. The van der Waals surface area contributed by atoms with E-state index in [0.717, 1.165) is 28.1 Å². The zero-order valence-corrected chi connectivity index (χ0v) is 25.6. The number of benzene rings is 7. The molecule has 9 aromatic rings. The number of fused-ring (bicyclic) bond motifs is 5. The highest BCUT2D eigenvalue weighted by atomic mass is 32.1. The van der Waals surface area contributed by atoms with Gasteiger partial charge in [-0.1, -0.05) is 115 Å². The molecule has 0 N–H and O–H groups in total. The highest BCUT2D eigenvalue weighted by Gasteiger charge is 2.20. The first-order valence-electron chi connectivity index (χ1n) is 15.3. The van der Waals surface area contributed by atoms with Crippen molar-refractivity contribution in [3.63, 3.8) is 0 Å². The molecule has 7 aromatic carbocycles. The van der Waals surface area contributed by atoms with Crippen LogP contribution in [-0.2, 0) is 0 Å². The second kappa shape index (κ2) is 10.3. The SMILES string of the molecule is Cc1ccc(-c2nc3cc4ccccc4cc3n2-c2ccc(-c3ccccc3)cc2)c2sc3cc(-c4ccccc4)ccc3c12. The van der Waals surface area contributed by atoms with E-state index in [0.29, 0.717) is 0 Å². The van der Waals surface area contributed by atoms with Crippen LogP contribution in [-0.4, -0.2) is 9.55 Å². The molecule has 2 heterocycles. The predicted molar refractivity (Wildman–Crippen MR) is 193 cm³/mol. The average molecular weight is 593 g/mol. The van der Waals surface area contributed by atoms with Gasteiger partial charge in [-0.3, -0.25) is 4.57 Å². The normalized spacial score (nSPS) is 11.7. The summed E-state index contributed by atoms with van der Waals surface area (Å²) in [5.74, 6) is 0.965. The number of aromatic nitrogens is 2. The van der Waals surface area contributed by atoms with Gasteiger partial charge in [0.05, 0.1) is 11.0 Å². The summed E-state index contributed by atoms with van der Waals surface area (Å²) in [5.41, 5.74) is 10.5. The third-order valence-corrected chi connectivity index (χ3v) is 10.1. The molecule has 9 rings (SSSR count). The van der Waals surface area contributed by atoms with Crippen molar-refractivity contribution >= 4 is 53.3 Å². The van der Waals surface area contributed by atoms with Crippen molar-refractivity contribution in [2.45, 2.75) is 6.92 Å². The number of aryl methyl sites for hydroxylation is 1. The van der Waals surface area contributed by atoms with E-state index in [2.05, 4.69) is 163 Å². The van der Waals surface area contributed by atoms with Crippen molar-refractivity contribution in [1.82, 2.24) is 9.55 Å². The van der Waals surface area contributed by atoms with Crippen LogP contribution in [0.5, 0.6) is 0 Å². The quantitative estimate of drug-likeness (QED) is 0.199. The Kier molecular flexibility index (Phi) is 5.93. The Hall–Kier alpha value is -5.51. The Labute approximate surface area is 265 Å². The first kappa shape index (κ1) is 25.9. The summed E-state index contributed by atoms with van der Waals surface area (Å²) < 4.78 is 4.92. The lowest BCUT2D eigenvalue weighted by Gasteiger charge is -2.12. The van der Waals surface area contributed by atoms with Crippen LogP contribution in [0.1, 0.15) is 5.56 Å². The number of imidazole rings is 1. The van der Waals surface area contributed by atoms with Gasteiger partial charge in [-0.2, -0.15) is 0 Å². The lowest BCUT2D eigenvalue weighted by atomic mass is 10.0. The van der Waals surface area contributed by atoms with Gasteiger partial charge in [-0.25, -0.2) is 4.98 Å². The maximum atomic E-state index is 5.37. The molecule has 2 nitrogen and oxygen atoms in total. The third-order valence-electron chi connectivity index (χ3n) is 8.93. The third kappa shape index (κ3) is 4.28. The molecule has 0 unspecified atom stereocenters. The average Bonchev–Trinajstić information content (AvgIpc) is 3.67. The molecular formula is C42H28N2S. The van der Waals surface area contributed by atoms with Crippen molar-refractivity contribution in [3.05, 3.63) is 157 Å². The number of rotatable bonds is 4. The van der Waals surface area contributed by atoms with E-state index < -0.39 is 0 Å². The van der Waals surface area contributed by atoms with Gasteiger partial charge in [0.2, 0.25) is 0 Å². The molecule has 0 spiro atoms. The largest absolute Gasteiger partial charge is 0.292 e. The van der Waals surface area contributed by atoms with Crippen molar-refractivity contribution in [1.29, 1.82) is 0 Å². The Bertz CT molecular complexity index is 2520. The topological polar surface area (TPSA) is 17.8 Å². The molecule has 3 heteroatoms. The summed E-state index contributed by atoms with van der Waals surface area (Å²) in [6.07, 6.45) is 0. The van der Waals surface area contributed by atoms with E-state index in [1.807, 2.05) is 11.3 Å². The molecule has 0 radical (unpaired) electrons. The van der Waals surface area contributed by atoms with Crippen LogP contribution in [0.3, 0.4) is 0 Å². The monoisotopic (exact) mass is 592 g/mol. The number of hydrogen-bond donors (Lipinski definition) is 0. The Morgan fingerprint density at radius 2 is 1.18 bits per heavy atom. The fraction of sp³-hybridized carbons (Fsp3) is 0.0238. The maximum Gasteiger partial charge on any atom is 0.147 e. The molecule has 0 atom stereocenters. The predicted octanol–water partition coefficient (Wildman–Crippen LogP) is 11.9. The first-order chi connectivity index (χ1) is 22.2. The van der Waals surface area contributed by atoms with E-state index in [1.165, 1.54) is 58.8 Å². The molecule has 0 bridgehead atoms. The molecule has 0 aliphatic carbocycles. The molecule has 0 fully saturated rings. The van der Waals surface area contributed by atoms with Crippen molar-refractivity contribution in [2.75, 3.05) is 0 Å². The summed E-state index contributed by atoms with van der Waals surface area (Å²) in [6.45, 7) is 2.22. The summed E-state index contributed by atoms with van der Waals surface area (Å²) in [4.78, 5) is 5.37. The standard InChI is InChI=1S/C42H28N2S/c1-27-16-22-36(41-40(27)35-23-19-33(26-39(35)45-41)29-12-6-3-7-13-29)42-43-37-24-31-14-8-9-15-32(31)25-38(37)44(42)34-20-17-30(18-21-34)28-10-4-2-5-11-28/h2-26H,1H3. The van der Waals surface area contributed by atoms with Crippen LogP contribution in [0.15, 0.2) is 152 Å². The zero-order chi connectivity index (χ0) is 29.9. The van der Waals surface area contributed by atoms with Gasteiger partial charge in [0.15, 0.2) is 0 Å². The van der Waals surface area contributed by atoms with Gasteiger partial charge in [0.1, 0.15) is 5.82 Å². The molecule has 0 saturated heterocycles. The smallest absolute Gasteiger partial charge is 0.147 e. The van der Waals surface area contributed by atoms with Crippen LogP contribution in [0, 0.1) is 6.92 Å².